The third kappa shape index (κ3) is 3.88. The maximum absolute atomic E-state index is 12.4. The van der Waals surface area contributed by atoms with Crippen LogP contribution in [0.1, 0.15) is 38.1 Å². The van der Waals surface area contributed by atoms with Gasteiger partial charge in [0.15, 0.2) is 0 Å². The van der Waals surface area contributed by atoms with Crippen molar-refractivity contribution in [2.24, 2.45) is 0 Å². The van der Waals surface area contributed by atoms with Crippen molar-refractivity contribution in [1.82, 2.24) is 34.9 Å². The highest BCUT2D eigenvalue weighted by Crippen LogP contribution is 2.25. The molecule has 3 aromatic rings. The molecule has 0 bridgehead atoms. The quantitative estimate of drug-likeness (QED) is 0.750. The van der Waals surface area contributed by atoms with Crippen molar-refractivity contribution in [1.29, 1.82) is 0 Å². The van der Waals surface area contributed by atoms with Crippen LogP contribution in [0.15, 0.2) is 42.9 Å². The Bertz CT molecular complexity index is 933. The van der Waals surface area contributed by atoms with Gasteiger partial charge in [0.05, 0.1) is 24.6 Å². The number of urea groups is 1. The summed E-state index contributed by atoms with van der Waals surface area (Å²) < 4.78 is 1.81. The summed E-state index contributed by atoms with van der Waals surface area (Å²) in [5.74, 6) is 0. The van der Waals surface area contributed by atoms with Crippen molar-refractivity contribution in [2.75, 3.05) is 18.4 Å². The molecule has 1 fully saturated rings. The van der Waals surface area contributed by atoms with Gasteiger partial charge in [-0.3, -0.25) is 0 Å². The van der Waals surface area contributed by atoms with Gasteiger partial charge in [-0.05, 0) is 23.1 Å². The minimum Gasteiger partial charge on any atom is -0.320 e. The van der Waals surface area contributed by atoms with Crippen LogP contribution in [0, 0.1) is 0 Å². The van der Waals surface area contributed by atoms with Crippen LogP contribution in [-0.2, 0) is 12.0 Å². The van der Waals surface area contributed by atoms with Gasteiger partial charge < -0.3 is 10.2 Å². The second kappa shape index (κ2) is 7.06. The molecule has 0 atom stereocenters. The van der Waals surface area contributed by atoms with E-state index in [1.54, 1.807) is 26.8 Å². The fourth-order valence-electron chi connectivity index (χ4n) is 3.08. The monoisotopic (exact) mass is 380 g/mol. The fourth-order valence-corrected chi connectivity index (χ4v) is 3.08. The zero-order chi connectivity index (χ0) is 19.7. The lowest BCUT2D eigenvalue weighted by Crippen LogP contribution is -2.52. The third-order valence-electron chi connectivity index (χ3n) is 4.85. The van der Waals surface area contributed by atoms with Crippen LogP contribution in [-0.4, -0.2) is 54.0 Å². The van der Waals surface area contributed by atoms with E-state index in [-0.39, 0.29) is 17.5 Å². The fraction of sp³-hybridized carbons (Fsp3) is 0.421. The summed E-state index contributed by atoms with van der Waals surface area (Å²) in [7, 11) is 0. The number of hydrogen-bond donors (Lipinski definition) is 1. The lowest BCUT2D eigenvalue weighted by atomic mass is 9.87. The van der Waals surface area contributed by atoms with E-state index in [0.29, 0.717) is 19.6 Å². The lowest BCUT2D eigenvalue weighted by Gasteiger charge is -2.38. The smallest absolute Gasteiger partial charge is 0.320 e. The van der Waals surface area contributed by atoms with Gasteiger partial charge in [-0.15, -0.1) is 5.10 Å². The molecule has 1 aliphatic heterocycles. The number of aromatic nitrogens is 6. The number of likely N-dealkylation sites (tertiary alicyclic amines) is 1. The number of hydrogen-bond acceptors (Lipinski definition) is 5. The van der Waals surface area contributed by atoms with Gasteiger partial charge in [-0.1, -0.05) is 38.1 Å². The van der Waals surface area contributed by atoms with Gasteiger partial charge in [-0.2, -0.15) is 15.0 Å². The van der Waals surface area contributed by atoms with Crippen LogP contribution in [0.25, 0.3) is 0 Å². The number of benzene rings is 1. The molecule has 1 N–H and O–H groups in total. The largest absolute Gasteiger partial charge is 0.321 e. The molecule has 0 saturated carbocycles. The zero-order valence-corrected chi connectivity index (χ0v) is 16.3. The molecule has 4 rings (SSSR count). The van der Waals surface area contributed by atoms with Crippen LogP contribution in [0.4, 0.5) is 10.5 Å². The first-order chi connectivity index (χ1) is 13.4. The van der Waals surface area contributed by atoms with E-state index in [4.69, 9.17) is 0 Å². The molecule has 3 heterocycles. The summed E-state index contributed by atoms with van der Waals surface area (Å²) in [6.45, 7) is 8.20. The number of carbonyl (C=O) groups excluding carboxylic acids is 1. The molecular formula is C19H24N8O. The molecule has 0 aliphatic carbocycles. The second-order valence-electron chi connectivity index (χ2n) is 8.07. The molecule has 1 aromatic carbocycles. The van der Waals surface area contributed by atoms with Gasteiger partial charge in [0.1, 0.15) is 12.2 Å². The highest BCUT2D eigenvalue weighted by atomic mass is 16.2. The number of rotatable bonds is 4. The average Bonchev–Trinajstić information content (AvgIpc) is 3.26. The summed E-state index contributed by atoms with van der Waals surface area (Å²) in [4.78, 5) is 15.7. The topological polar surface area (TPSA) is 93.8 Å². The highest BCUT2D eigenvalue weighted by Gasteiger charge is 2.33. The number of nitrogens with zero attached hydrogens (tertiary/aromatic N) is 7. The molecule has 9 nitrogen and oxygen atoms in total. The summed E-state index contributed by atoms with van der Waals surface area (Å²) in [5.41, 5.74) is 2.92. The Kier molecular flexibility index (Phi) is 4.58. The van der Waals surface area contributed by atoms with E-state index in [9.17, 15) is 4.79 Å². The van der Waals surface area contributed by atoms with E-state index in [0.717, 1.165) is 11.4 Å². The summed E-state index contributed by atoms with van der Waals surface area (Å²) in [6.07, 6.45) is 5.14. The van der Waals surface area contributed by atoms with Crippen LogP contribution in [0.2, 0.25) is 0 Å². The molecule has 28 heavy (non-hydrogen) atoms. The first-order valence-corrected chi connectivity index (χ1v) is 9.30. The Morgan fingerprint density at radius 2 is 1.82 bits per heavy atom. The molecular weight excluding hydrogens is 356 g/mol. The Labute approximate surface area is 163 Å². The molecule has 1 saturated heterocycles. The number of anilines is 1. The molecule has 0 unspecified atom stereocenters. The Balaban J connectivity index is 1.29. The summed E-state index contributed by atoms with van der Waals surface area (Å²) in [5, 5.41) is 19.4. The Morgan fingerprint density at radius 3 is 2.46 bits per heavy atom. The SMILES string of the molecule is CC(C)(C)c1ccc(NC(=O)N2CC(n3cc(Cn4nccn4)nn3)C2)cc1. The van der Waals surface area contributed by atoms with E-state index in [1.807, 2.05) is 18.3 Å². The number of amides is 2. The average molecular weight is 380 g/mol. The van der Waals surface area contributed by atoms with Crippen molar-refractivity contribution in [3.8, 4) is 0 Å². The molecule has 0 radical (unpaired) electrons. The van der Waals surface area contributed by atoms with E-state index in [2.05, 4.69) is 58.7 Å². The van der Waals surface area contributed by atoms with Gasteiger partial charge in [0, 0.05) is 18.8 Å². The maximum atomic E-state index is 12.4. The molecule has 2 amide bonds. The van der Waals surface area contributed by atoms with Gasteiger partial charge in [0.2, 0.25) is 0 Å². The second-order valence-corrected chi connectivity index (χ2v) is 8.07. The van der Waals surface area contributed by atoms with Crippen LogP contribution < -0.4 is 5.32 Å². The summed E-state index contributed by atoms with van der Waals surface area (Å²) in [6, 6.07) is 8.05. The van der Waals surface area contributed by atoms with Crippen LogP contribution in [0.3, 0.4) is 0 Å². The number of carbonyl (C=O) groups is 1. The molecule has 2 aromatic heterocycles. The molecule has 0 spiro atoms. The van der Waals surface area contributed by atoms with Crippen LogP contribution in [0.5, 0.6) is 0 Å². The van der Waals surface area contributed by atoms with Crippen molar-refractivity contribution in [3.05, 3.63) is 54.1 Å². The molecule has 146 valence electrons. The minimum atomic E-state index is -0.0964. The maximum Gasteiger partial charge on any atom is 0.321 e. The molecule has 9 heteroatoms. The van der Waals surface area contributed by atoms with Crippen molar-refractivity contribution in [2.45, 2.75) is 38.8 Å². The van der Waals surface area contributed by atoms with E-state index >= 15 is 0 Å². The third-order valence-corrected chi connectivity index (χ3v) is 4.85. The van der Waals surface area contributed by atoms with Crippen molar-refractivity contribution < 1.29 is 4.79 Å². The standard InChI is InChI=1S/C19H24N8O/c1-19(2,3)14-4-6-15(7-5-14)22-18(28)25-12-17(13-25)26-10-16(23-24-26)11-27-20-8-9-21-27/h4-10,17H,11-13H2,1-3H3,(H,22,28). The lowest BCUT2D eigenvalue weighted by molar-refractivity contribution is 0.127. The Morgan fingerprint density at radius 1 is 1.14 bits per heavy atom. The normalized spacial score (nSPS) is 14.8. The van der Waals surface area contributed by atoms with Gasteiger partial charge in [-0.25, -0.2) is 9.48 Å². The first-order valence-electron chi connectivity index (χ1n) is 9.30. The Hall–Kier alpha value is -3.23. The predicted molar refractivity (Wildman–Crippen MR) is 104 cm³/mol. The van der Waals surface area contributed by atoms with Crippen LogP contribution >= 0.6 is 0 Å². The van der Waals surface area contributed by atoms with Crippen molar-refractivity contribution in [3.63, 3.8) is 0 Å². The van der Waals surface area contributed by atoms with E-state index in [1.165, 1.54) is 5.56 Å². The van der Waals surface area contributed by atoms with Crippen molar-refractivity contribution >= 4 is 11.7 Å². The summed E-state index contributed by atoms with van der Waals surface area (Å²) >= 11 is 0. The van der Waals surface area contributed by atoms with E-state index < -0.39 is 0 Å². The van der Waals surface area contributed by atoms with Gasteiger partial charge >= 0.3 is 6.03 Å². The predicted octanol–water partition coefficient (Wildman–Crippen LogP) is 2.30. The zero-order valence-electron chi connectivity index (χ0n) is 16.3. The molecule has 1 aliphatic rings. The number of nitrogens with one attached hydrogen (secondary N) is 1. The minimum absolute atomic E-state index is 0.0946. The highest BCUT2D eigenvalue weighted by molar-refractivity contribution is 5.89. The first kappa shape index (κ1) is 18.1. The van der Waals surface area contributed by atoms with Gasteiger partial charge in [0.25, 0.3) is 0 Å².